The van der Waals surface area contributed by atoms with Gasteiger partial charge in [0.25, 0.3) is 0 Å². The average molecular weight is 939 g/mol. The molecular weight excluding hydrogens is 835 g/mol. The first kappa shape index (κ1) is 59.3. The third kappa shape index (κ3) is 26.3. The monoisotopic (exact) mass is 938 g/mol. The van der Waals surface area contributed by atoms with Crippen LogP contribution in [0.15, 0.2) is 91.0 Å². The fourth-order valence-electron chi connectivity index (χ4n) is 10.2. The van der Waals surface area contributed by atoms with Gasteiger partial charge in [0.15, 0.2) is 0 Å². The van der Waals surface area contributed by atoms with Crippen molar-refractivity contribution >= 4 is 5.91 Å². The molecule has 5 heteroatoms. The highest BCUT2D eigenvalue weighted by Crippen LogP contribution is 2.40. The van der Waals surface area contributed by atoms with Crippen LogP contribution >= 0.6 is 0 Å². The van der Waals surface area contributed by atoms with Crippen molar-refractivity contribution in [1.82, 2.24) is 5.32 Å². The molecule has 3 aromatic carbocycles. The van der Waals surface area contributed by atoms with Crippen molar-refractivity contribution in [3.63, 3.8) is 0 Å². The Kier molecular flexibility index (Phi) is 35.5. The minimum absolute atomic E-state index is 0.0283. The van der Waals surface area contributed by atoms with Gasteiger partial charge in [-0.15, -0.1) is 0 Å². The molecule has 0 heterocycles. The number of benzene rings is 3. The number of rotatable bonds is 46. The maximum absolute atomic E-state index is 13.6. The number of nitrogens with one attached hydrogen (secondary N) is 1. The Hall–Kier alpha value is -2.99. The van der Waals surface area contributed by atoms with E-state index >= 15 is 0 Å². The van der Waals surface area contributed by atoms with Crippen molar-refractivity contribution in [1.29, 1.82) is 0 Å². The molecule has 0 spiro atoms. The van der Waals surface area contributed by atoms with Gasteiger partial charge in [0.05, 0.1) is 18.8 Å². The van der Waals surface area contributed by atoms with Crippen LogP contribution in [0.5, 0.6) is 0 Å². The summed E-state index contributed by atoms with van der Waals surface area (Å²) in [7, 11) is 0. The molecule has 0 aliphatic heterocycles. The zero-order valence-corrected chi connectivity index (χ0v) is 44.0. The van der Waals surface area contributed by atoms with E-state index < -0.39 is 23.9 Å². The van der Waals surface area contributed by atoms with Gasteiger partial charge in [0.1, 0.15) is 11.7 Å². The minimum Gasteiger partial charge on any atom is -0.390 e. The van der Waals surface area contributed by atoms with Gasteiger partial charge in [-0.2, -0.15) is 0 Å². The van der Waals surface area contributed by atoms with Crippen LogP contribution in [0, 0.1) is 0 Å². The number of aliphatic hydroxyl groups is 2. The van der Waals surface area contributed by atoms with Gasteiger partial charge < -0.3 is 20.3 Å². The molecule has 1 amide bonds. The van der Waals surface area contributed by atoms with E-state index in [0.717, 1.165) is 55.2 Å². The predicted molar refractivity (Wildman–Crippen MR) is 291 cm³/mol. The molecule has 0 bridgehead atoms. The third-order valence-electron chi connectivity index (χ3n) is 14.5. The summed E-state index contributed by atoms with van der Waals surface area (Å²) in [6.45, 7) is 4.59. The second-order valence-corrected chi connectivity index (χ2v) is 20.5. The Morgan fingerprint density at radius 2 is 0.706 bits per heavy atom. The second kappa shape index (κ2) is 40.7. The van der Waals surface area contributed by atoms with E-state index in [1.165, 1.54) is 186 Å². The fraction of sp³-hybridized carbons (Fsp3) is 0.698. The normalized spacial score (nSPS) is 13.1. The molecule has 0 saturated carbocycles. The van der Waals surface area contributed by atoms with Gasteiger partial charge in [-0.25, -0.2) is 0 Å². The Balaban J connectivity index is 1.42. The molecule has 0 aliphatic rings. The predicted octanol–water partition coefficient (Wildman–Crippen LogP) is 17.7. The quantitative estimate of drug-likeness (QED) is 0.0389. The Morgan fingerprint density at radius 1 is 0.426 bits per heavy atom. The molecule has 5 nitrogen and oxygen atoms in total. The fourth-order valence-corrected chi connectivity index (χ4v) is 10.2. The molecule has 3 atom stereocenters. The molecule has 3 N–H and O–H groups in total. The molecule has 0 aromatic heterocycles. The molecule has 0 aliphatic carbocycles. The van der Waals surface area contributed by atoms with Gasteiger partial charge >= 0.3 is 0 Å². The van der Waals surface area contributed by atoms with Crippen LogP contribution in [0.2, 0.25) is 0 Å². The SMILES string of the molecule is CCCCCCCCCCCCCCCCCCCCCCCCCC(=O)N[C@@H](COC(c1ccccc1)(c1ccccc1)c1ccccc1)[C@H](O)[C@H](O)CCCCCCCCCCCCCC. The van der Waals surface area contributed by atoms with E-state index in [0.29, 0.717) is 12.8 Å². The summed E-state index contributed by atoms with van der Waals surface area (Å²) < 4.78 is 7.11. The lowest BCUT2D eigenvalue weighted by Gasteiger charge is -2.38. The Morgan fingerprint density at radius 3 is 1.01 bits per heavy atom. The lowest BCUT2D eigenvalue weighted by Crippen LogP contribution is -2.52. The van der Waals surface area contributed by atoms with Crippen molar-refractivity contribution in [2.45, 2.75) is 275 Å². The van der Waals surface area contributed by atoms with E-state index in [4.69, 9.17) is 4.74 Å². The number of carbonyl (C=O) groups excluding carboxylic acids is 1. The Labute approximate surface area is 418 Å². The first-order valence-electron chi connectivity index (χ1n) is 29.0. The number of hydrogen-bond donors (Lipinski definition) is 3. The van der Waals surface area contributed by atoms with E-state index in [2.05, 4.69) is 55.6 Å². The summed E-state index contributed by atoms with van der Waals surface area (Å²) in [4.78, 5) is 13.6. The highest BCUT2D eigenvalue weighted by atomic mass is 16.5. The molecule has 3 aromatic rings. The lowest BCUT2D eigenvalue weighted by molar-refractivity contribution is -0.126. The van der Waals surface area contributed by atoms with Crippen molar-refractivity contribution in [2.75, 3.05) is 6.61 Å². The van der Waals surface area contributed by atoms with Gasteiger partial charge in [-0.05, 0) is 29.5 Å². The van der Waals surface area contributed by atoms with Crippen LogP contribution in [0.1, 0.15) is 268 Å². The number of hydrogen-bond acceptors (Lipinski definition) is 4. The third-order valence-corrected chi connectivity index (χ3v) is 14.5. The zero-order chi connectivity index (χ0) is 48.4. The van der Waals surface area contributed by atoms with Gasteiger partial charge in [0.2, 0.25) is 5.91 Å². The molecule has 3 rings (SSSR count). The summed E-state index contributed by atoms with van der Waals surface area (Å²) in [5.41, 5.74) is 1.87. The second-order valence-electron chi connectivity index (χ2n) is 20.5. The maximum Gasteiger partial charge on any atom is 0.220 e. The summed E-state index contributed by atoms with van der Waals surface area (Å²) >= 11 is 0. The van der Waals surface area contributed by atoms with Crippen LogP contribution in [0.4, 0.5) is 0 Å². The Bertz CT molecular complexity index is 1450. The van der Waals surface area contributed by atoms with Gasteiger partial charge in [-0.3, -0.25) is 4.79 Å². The van der Waals surface area contributed by atoms with E-state index in [-0.39, 0.29) is 12.5 Å². The van der Waals surface area contributed by atoms with Crippen molar-refractivity contribution in [3.8, 4) is 0 Å². The maximum atomic E-state index is 13.6. The molecule has 0 unspecified atom stereocenters. The van der Waals surface area contributed by atoms with E-state index in [9.17, 15) is 15.0 Å². The van der Waals surface area contributed by atoms with Crippen molar-refractivity contribution in [2.24, 2.45) is 0 Å². The highest BCUT2D eigenvalue weighted by molar-refractivity contribution is 5.76. The summed E-state index contributed by atoms with van der Waals surface area (Å²) in [5.74, 6) is -0.0940. The number of aliphatic hydroxyl groups excluding tert-OH is 2. The first-order chi connectivity index (χ1) is 33.5. The number of carbonyl (C=O) groups is 1. The number of ether oxygens (including phenoxy) is 1. The first-order valence-corrected chi connectivity index (χ1v) is 29.0. The smallest absolute Gasteiger partial charge is 0.220 e. The van der Waals surface area contributed by atoms with Crippen molar-refractivity contribution in [3.05, 3.63) is 108 Å². The topological polar surface area (TPSA) is 78.8 Å². The molecule has 0 saturated heterocycles. The van der Waals surface area contributed by atoms with Crippen LogP contribution in [0.25, 0.3) is 0 Å². The van der Waals surface area contributed by atoms with E-state index in [1.807, 2.05) is 54.6 Å². The molecular formula is C63H103NO4. The standard InChI is InChI=1S/C63H103NO4/c1-3-5-7-9-11-13-15-17-18-19-20-21-22-23-24-25-26-27-29-31-33-35-46-54-61(66)64-59(62(67)60(65)53-45-34-32-30-28-16-14-12-10-8-6-4-2)55-68-63(56-47-39-36-40-48-56,57-49-41-37-42-50-57)58-51-43-38-44-52-58/h36-44,47-52,59-60,62,65,67H,3-35,45-46,53-55H2,1-2H3,(H,64,66)/t59-,60+,62-/m0/s1. The lowest BCUT2D eigenvalue weighted by atomic mass is 9.80. The van der Waals surface area contributed by atoms with Gasteiger partial charge in [-0.1, -0.05) is 323 Å². The number of unbranched alkanes of at least 4 members (excludes halogenated alkanes) is 33. The highest BCUT2D eigenvalue weighted by Gasteiger charge is 2.39. The summed E-state index contributed by atoms with van der Waals surface area (Å²) in [6.07, 6.45) is 44.5. The molecule has 68 heavy (non-hydrogen) atoms. The number of amides is 1. The van der Waals surface area contributed by atoms with Crippen LogP contribution < -0.4 is 5.32 Å². The van der Waals surface area contributed by atoms with Crippen LogP contribution in [-0.4, -0.2) is 41.0 Å². The summed E-state index contributed by atoms with van der Waals surface area (Å²) in [5, 5.41) is 26.4. The van der Waals surface area contributed by atoms with Crippen molar-refractivity contribution < 1.29 is 19.7 Å². The molecule has 0 radical (unpaired) electrons. The zero-order valence-electron chi connectivity index (χ0n) is 44.0. The summed E-state index contributed by atoms with van der Waals surface area (Å²) in [6, 6.07) is 29.8. The molecule has 0 fully saturated rings. The van der Waals surface area contributed by atoms with Crippen LogP contribution in [0.3, 0.4) is 0 Å². The average Bonchev–Trinajstić information content (AvgIpc) is 3.37. The minimum atomic E-state index is -1.17. The molecule has 384 valence electrons. The van der Waals surface area contributed by atoms with E-state index in [1.54, 1.807) is 0 Å². The van der Waals surface area contributed by atoms with Gasteiger partial charge in [0, 0.05) is 6.42 Å². The van der Waals surface area contributed by atoms with Crippen LogP contribution in [-0.2, 0) is 15.1 Å². The largest absolute Gasteiger partial charge is 0.390 e.